The third-order valence-corrected chi connectivity index (χ3v) is 6.83. The molecule has 0 fully saturated rings. The van der Waals surface area contributed by atoms with Gasteiger partial charge in [-0.1, -0.05) is 18.5 Å². The fourth-order valence-corrected chi connectivity index (χ4v) is 4.65. The number of carbonyl (C=O) groups excluding carboxylic acids is 1. The third kappa shape index (κ3) is 5.78. The smallest absolute Gasteiger partial charge is 0.420 e. The highest BCUT2D eigenvalue weighted by Gasteiger charge is 2.28. The highest BCUT2D eigenvalue weighted by atomic mass is 35.5. The van der Waals surface area contributed by atoms with E-state index < -0.39 is 36.1 Å². The summed E-state index contributed by atoms with van der Waals surface area (Å²) < 4.78 is 29.1. The van der Waals surface area contributed by atoms with Gasteiger partial charge in [0.2, 0.25) is 0 Å². The van der Waals surface area contributed by atoms with Crippen molar-refractivity contribution in [3.8, 4) is 16.9 Å². The Morgan fingerprint density at radius 1 is 1.26 bits per heavy atom. The fourth-order valence-electron chi connectivity index (χ4n) is 4.33. The van der Waals surface area contributed by atoms with Gasteiger partial charge in [-0.2, -0.15) is 5.10 Å². The number of pyridine rings is 1. The molecule has 4 aromatic rings. The van der Waals surface area contributed by atoms with Crippen molar-refractivity contribution in [3.63, 3.8) is 0 Å². The number of halogens is 2. The number of benzene rings is 1. The van der Waals surface area contributed by atoms with Gasteiger partial charge >= 0.3 is 6.09 Å². The van der Waals surface area contributed by atoms with Crippen LogP contribution in [0.3, 0.4) is 0 Å². The van der Waals surface area contributed by atoms with E-state index in [9.17, 15) is 19.4 Å². The van der Waals surface area contributed by atoms with Gasteiger partial charge in [0.05, 0.1) is 17.8 Å². The Morgan fingerprint density at radius 3 is 2.59 bits per heavy atom. The van der Waals surface area contributed by atoms with Gasteiger partial charge in [-0.3, -0.25) is 4.68 Å². The summed E-state index contributed by atoms with van der Waals surface area (Å²) in [5, 5.41) is 23.8. The predicted octanol–water partition coefficient (Wildman–Crippen LogP) is 5.20. The van der Waals surface area contributed by atoms with Crippen LogP contribution in [0.2, 0.25) is 5.02 Å². The van der Waals surface area contributed by atoms with Gasteiger partial charge in [-0.25, -0.2) is 18.7 Å². The van der Waals surface area contributed by atoms with Crippen LogP contribution < -0.4 is 4.74 Å². The molecule has 0 aliphatic rings. The van der Waals surface area contributed by atoms with Gasteiger partial charge in [0.15, 0.2) is 0 Å². The molecule has 208 valence electrons. The zero-order valence-corrected chi connectivity index (χ0v) is 23.5. The second-order valence-corrected chi connectivity index (χ2v) is 10.8. The number of nitrogens with zero attached hydrogens (tertiary/aromatic N) is 4. The van der Waals surface area contributed by atoms with Crippen LogP contribution in [0.5, 0.6) is 5.75 Å². The maximum atomic E-state index is 14.7. The number of aliphatic hydroxyl groups excluding tert-OH is 2. The van der Waals surface area contributed by atoms with E-state index in [4.69, 9.17) is 21.1 Å². The standard InChI is InChI=1S/C28H32ClFN4O5/c1-15(24-23(38-14-18(36)13-35)8-7-22(30)25(24)29)21-12-34(27(37)39-28(3,4)5)26-19(21)9-17(10-31-26)20-11-32-33(6)16(20)2/h7-12,15,18,35-36H,13-14H2,1-6H3/t15-,18+/m0/s1. The second-order valence-electron chi connectivity index (χ2n) is 10.4. The Kier molecular flexibility index (Phi) is 8.02. The highest BCUT2D eigenvalue weighted by molar-refractivity contribution is 6.31. The number of rotatable bonds is 7. The number of aromatic nitrogens is 4. The van der Waals surface area contributed by atoms with Crippen LogP contribution in [-0.4, -0.2) is 60.6 Å². The second kappa shape index (κ2) is 11.0. The van der Waals surface area contributed by atoms with Gasteiger partial charge in [-0.05, 0) is 51.5 Å². The zero-order chi connectivity index (χ0) is 28.6. The minimum Gasteiger partial charge on any atom is -0.490 e. The number of aryl methyl sites for hydroxylation is 1. The van der Waals surface area contributed by atoms with Crippen LogP contribution in [0.25, 0.3) is 22.2 Å². The fraction of sp³-hybridized carbons (Fsp3) is 0.393. The Balaban J connectivity index is 1.91. The van der Waals surface area contributed by atoms with Gasteiger partial charge in [0, 0.05) is 53.1 Å². The van der Waals surface area contributed by atoms with Gasteiger partial charge in [-0.15, -0.1) is 0 Å². The van der Waals surface area contributed by atoms with Crippen LogP contribution in [0, 0.1) is 12.7 Å². The Hall–Kier alpha value is -3.47. The van der Waals surface area contributed by atoms with E-state index in [2.05, 4.69) is 10.1 Å². The monoisotopic (exact) mass is 558 g/mol. The minimum absolute atomic E-state index is 0.149. The molecule has 0 aliphatic heterocycles. The quantitative estimate of drug-likeness (QED) is 0.320. The molecule has 0 spiro atoms. The van der Waals surface area contributed by atoms with Crippen molar-refractivity contribution < 1.29 is 28.9 Å². The van der Waals surface area contributed by atoms with Crippen molar-refractivity contribution in [1.82, 2.24) is 19.3 Å². The Bertz CT molecular complexity index is 1520. The summed E-state index contributed by atoms with van der Waals surface area (Å²) in [5.74, 6) is -0.978. The van der Waals surface area contributed by atoms with Crippen LogP contribution >= 0.6 is 11.6 Å². The molecule has 0 saturated heterocycles. The molecule has 0 saturated carbocycles. The zero-order valence-electron chi connectivity index (χ0n) is 22.7. The first-order valence-corrected chi connectivity index (χ1v) is 12.8. The molecule has 39 heavy (non-hydrogen) atoms. The normalized spacial score (nSPS) is 13.5. The van der Waals surface area contributed by atoms with Gasteiger partial charge in [0.1, 0.15) is 35.5 Å². The van der Waals surface area contributed by atoms with E-state index in [1.54, 1.807) is 44.0 Å². The maximum Gasteiger partial charge on any atom is 0.420 e. The number of hydrogen-bond donors (Lipinski definition) is 2. The molecule has 0 bridgehead atoms. The number of carbonyl (C=O) groups is 1. The van der Waals surface area contributed by atoms with E-state index in [1.807, 2.05) is 27.0 Å². The average molecular weight is 559 g/mol. The lowest BCUT2D eigenvalue weighted by molar-refractivity contribution is 0.0532. The molecular formula is C28H32ClFN4O5. The summed E-state index contributed by atoms with van der Waals surface area (Å²) in [7, 11) is 1.85. The highest BCUT2D eigenvalue weighted by Crippen LogP contribution is 2.42. The molecule has 1 aromatic carbocycles. The Morgan fingerprint density at radius 2 is 1.97 bits per heavy atom. The third-order valence-electron chi connectivity index (χ3n) is 6.44. The van der Waals surface area contributed by atoms with Crippen LogP contribution in [0.4, 0.5) is 9.18 Å². The summed E-state index contributed by atoms with van der Waals surface area (Å²) >= 11 is 6.46. The lowest BCUT2D eigenvalue weighted by atomic mass is 9.91. The van der Waals surface area contributed by atoms with Crippen LogP contribution in [0.1, 0.15) is 50.4 Å². The van der Waals surface area contributed by atoms with E-state index in [-0.39, 0.29) is 17.4 Å². The number of ether oxygens (including phenoxy) is 2. The van der Waals surface area contributed by atoms with Crippen molar-refractivity contribution in [2.75, 3.05) is 13.2 Å². The lowest BCUT2D eigenvalue weighted by Gasteiger charge is -2.20. The average Bonchev–Trinajstić information content (AvgIpc) is 3.42. The lowest BCUT2D eigenvalue weighted by Crippen LogP contribution is -2.26. The maximum absolute atomic E-state index is 14.7. The number of hydrogen-bond acceptors (Lipinski definition) is 7. The molecule has 4 rings (SSSR count). The first-order valence-electron chi connectivity index (χ1n) is 12.4. The van der Waals surface area contributed by atoms with E-state index in [0.717, 1.165) is 16.8 Å². The van der Waals surface area contributed by atoms with Crippen molar-refractivity contribution in [1.29, 1.82) is 0 Å². The van der Waals surface area contributed by atoms with Crippen molar-refractivity contribution in [2.24, 2.45) is 7.05 Å². The van der Waals surface area contributed by atoms with Gasteiger partial charge in [0.25, 0.3) is 0 Å². The molecule has 0 aliphatic carbocycles. The van der Waals surface area contributed by atoms with Crippen LogP contribution in [0.15, 0.2) is 36.8 Å². The van der Waals surface area contributed by atoms with Crippen molar-refractivity contribution in [2.45, 2.75) is 52.2 Å². The van der Waals surface area contributed by atoms with Crippen molar-refractivity contribution >= 4 is 28.7 Å². The molecule has 2 atom stereocenters. The van der Waals surface area contributed by atoms with E-state index >= 15 is 0 Å². The number of aliphatic hydroxyl groups is 2. The minimum atomic E-state index is -1.12. The summed E-state index contributed by atoms with van der Waals surface area (Å²) in [6, 6.07) is 4.50. The summed E-state index contributed by atoms with van der Waals surface area (Å²) in [6.07, 6.45) is 3.29. The summed E-state index contributed by atoms with van der Waals surface area (Å²) in [6.45, 7) is 8.36. The van der Waals surface area contributed by atoms with E-state index in [0.29, 0.717) is 22.2 Å². The molecule has 0 unspecified atom stereocenters. The molecule has 2 N–H and O–H groups in total. The molecule has 11 heteroatoms. The topological polar surface area (TPSA) is 112 Å². The molecule has 9 nitrogen and oxygen atoms in total. The molecule has 0 amide bonds. The molecule has 3 aromatic heterocycles. The van der Waals surface area contributed by atoms with Gasteiger partial charge < -0.3 is 19.7 Å². The largest absolute Gasteiger partial charge is 0.490 e. The van der Waals surface area contributed by atoms with Crippen LogP contribution in [-0.2, 0) is 11.8 Å². The summed E-state index contributed by atoms with van der Waals surface area (Å²) in [5.41, 5.74) is 3.18. The molecule has 0 radical (unpaired) electrons. The summed E-state index contributed by atoms with van der Waals surface area (Å²) in [4.78, 5) is 17.8. The van der Waals surface area contributed by atoms with Crippen molar-refractivity contribution in [3.05, 3.63) is 64.5 Å². The first-order chi connectivity index (χ1) is 18.3. The SMILES string of the molecule is Cc1c(-c2cnc3c(c2)c([C@H](C)c2c(OC[C@H](O)CO)ccc(F)c2Cl)cn3C(=O)OC(C)(C)C)cnn1C. The predicted molar refractivity (Wildman–Crippen MR) is 146 cm³/mol. The van der Waals surface area contributed by atoms with E-state index in [1.165, 1.54) is 16.7 Å². The Labute approximate surface area is 230 Å². The first kappa shape index (κ1) is 28.5. The molecular weight excluding hydrogens is 527 g/mol. The molecule has 3 heterocycles. The number of fused-ring (bicyclic) bond motifs is 1.